The highest BCUT2D eigenvalue weighted by Crippen LogP contribution is 2.28. The molecule has 0 amide bonds. The van der Waals surface area contributed by atoms with Gasteiger partial charge in [-0.25, -0.2) is 9.78 Å². The Morgan fingerprint density at radius 1 is 1.39 bits per heavy atom. The molecule has 0 fully saturated rings. The Labute approximate surface area is 103 Å². The second-order valence-corrected chi connectivity index (χ2v) is 3.52. The van der Waals surface area contributed by atoms with E-state index in [-0.39, 0.29) is 11.4 Å². The van der Waals surface area contributed by atoms with Gasteiger partial charge in [-0.05, 0) is 18.2 Å². The number of nitrogens with two attached hydrogens (primary N) is 1. The van der Waals surface area contributed by atoms with Crippen LogP contribution in [-0.2, 0) is 0 Å². The molecule has 0 atom stereocenters. The summed E-state index contributed by atoms with van der Waals surface area (Å²) in [6.45, 7) is 0. The van der Waals surface area contributed by atoms with Crippen LogP contribution in [0.25, 0.3) is 11.3 Å². The standard InChI is InChI=1S/C12H11N3O3/c1-18-10-4-5-14-6-7(10)9-3-2-8(13)11(15-9)12(16)17/h2-6H,13H2,1H3,(H,16,17). The van der Waals surface area contributed by atoms with Crippen LogP contribution in [0.1, 0.15) is 10.5 Å². The Morgan fingerprint density at radius 2 is 2.17 bits per heavy atom. The van der Waals surface area contributed by atoms with Crippen molar-refractivity contribution in [3.63, 3.8) is 0 Å². The van der Waals surface area contributed by atoms with Crippen molar-refractivity contribution >= 4 is 11.7 Å². The zero-order chi connectivity index (χ0) is 13.1. The van der Waals surface area contributed by atoms with Crippen molar-refractivity contribution in [1.29, 1.82) is 0 Å². The van der Waals surface area contributed by atoms with Crippen LogP contribution >= 0.6 is 0 Å². The first-order valence-corrected chi connectivity index (χ1v) is 5.11. The van der Waals surface area contributed by atoms with Crippen LogP contribution in [0, 0.1) is 0 Å². The predicted octanol–water partition coefficient (Wildman–Crippen LogP) is 1.43. The number of hydrogen-bond donors (Lipinski definition) is 2. The Bertz CT molecular complexity index is 599. The number of methoxy groups -OCH3 is 1. The van der Waals surface area contributed by atoms with E-state index in [1.165, 1.54) is 13.2 Å². The number of anilines is 1. The Hall–Kier alpha value is -2.63. The third-order valence-electron chi connectivity index (χ3n) is 2.41. The quantitative estimate of drug-likeness (QED) is 0.848. The van der Waals surface area contributed by atoms with Crippen molar-refractivity contribution in [1.82, 2.24) is 9.97 Å². The van der Waals surface area contributed by atoms with Crippen LogP contribution in [0.4, 0.5) is 5.69 Å². The summed E-state index contributed by atoms with van der Waals surface area (Å²) in [5.74, 6) is -0.601. The van der Waals surface area contributed by atoms with Gasteiger partial charge in [0, 0.05) is 12.4 Å². The molecule has 2 rings (SSSR count). The van der Waals surface area contributed by atoms with Crippen LogP contribution in [0.2, 0.25) is 0 Å². The van der Waals surface area contributed by atoms with Crippen molar-refractivity contribution in [2.75, 3.05) is 12.8 Å². The van der Waals surface area contributed by atoms with E-state index in [0.717, 1.165) is 0 Å². The van der Waals surface area contributed by atoms with E-state index >= 15 is 0 Å². The molecule has 92 valence electrons. The first-order chi connectivity index (χ1) is 8.63. The van der Waals surface area contributed by atoms with Crippen LogP contribution in [0.3, 0.4) is 0 Å². The number of aromatic nitrogens is 2. The molecule has 0 aliphatic carbocycles. The van der Waals surface area contributed by atoms with Gasteiger partial charge in [-0.3, -0.25) is 4.98 Å². The van der Waals surface area contributed by atoms with Gasteiger partial charge in [0.1, 0.15) is 5.75 Å². The molecule has 0 bridgehead atoms. The molecule has 0 radical (unpaired) electrons. The fourth-order valence-electron chi connectivity index (χ4n) is 1.54. The second kappa shape index (κ2) is 4.70. The summed E-state index contributed by atoms with van der Waals surface area (Å²) in [6.07, 6.45) is 3.14. The van der Waals surface area contributed by atoms with E-state index in [9.17, 15) is 4.79 Å². The van der Waals surface area contributed by atoms with Gasteiger partial charge < -0.3 is 15.6 Å². The molecule has 2 aromatic rings. The number of hydrogen-bond acceptors (Lipinski definition) is 5. The molecule has 2 aromatic heterocycles. The topological polar surface area (TPSA) is 98.3 Å². The van der Waals surface area contributed by atoms with Crippen LogP contribution in [-0.4, -0.2) is 28.2 Å². The van der Waals surface area contributed by atoms with Crippen molar-refractivity contribution in [2.24, 2.45) is 0 Å². The minimum Gasteiger partial charge on any atom is -0.496 e. The molecule has 0 unspecified atom stereocenters. The summed E-state index contributed by atoms with van der Waals surface area (Å²) in [6, 6.07) is 4.80. The lowest BCUT2D eigenvalue weighted by Crippen LogP contribution is -2.06. The number of carbonyl (C=O) groups is 1. The molecule has 0 saturated carbocycles. The Kier molecular flexibility index (Phi) is 3.09. The second-order valence-electron chi connectivity index (χ2n) is 3.52. The fourth-order valence-corrected chi connectivity index (χ4v) is 1.54. The molecule has 2 heterocycles. The summed E-state index contributed by atoms with van der Waals surface area (Å²) in [5, 5.41) is 8.97. The number of aromatic carboxylic acids is 1. The zero-order valence-corrected chi connectivity index (χ0v) is 9.62. The van der Waals surface area contributed by atoms with E-state index in [1.807, 2.05) is 0 Å². The maximum atomic E-state index is 11.0. The van der Waals surface area contributed by atoms with Crippen molar-refractivity contribution < 1.29 is 14.6 Å². The first kappa shape index (κ1) is 11.8. The first-order valence-electron chi connectivity index (χ1n) is 5.11. The highest BCUT2D eigenvalue weighted by molar-refractivity contribution is 5.92. The lowest BCUT2D eigenvalue weighted by Gasteiger charge is -2.08. The summed E-state index contributed by atoms with van der Waals surface area (Å²) in [7, 11) is 1.52. The number of carboxylic acid groups (broad SMARTS) is 1. The lowest BCUT2D eigenvalue weighted by atomic mass is 10.1. The molecule has 0 spiro atoms. The maximum absolute atomic E-state index is 11.0. The summed E-state index contributed by atoms with van der Waals surface area (Å²) >= 11 is 0. The van der Waals surface area contributed by atoms with Gasteiger partial charge in [-0.15, -0.1) is 0 Å². The molecule has 18 heavy (non-hydrogen) atoms. The Balaban J connectivity index is 2.58. The van der Waals surface area contributed by atoms with E-state index in [1.54, 1.807) is 24.5 Å². The number of rotatable bonds is 3. The summed E-state index contributed by atoms with van der Waals surface area (Å²) in [5.41, 5.74) is 6.55. The predicted molar refractivity (Wildman–Crippen MR) is 65.4 cm³/mol. The molecule has 6 heteroatoms. The van der Waals surface area contributed by atoms with Gasteiger partial charge in [0.25, 0.3) is 0 Å². The third-order valence-corrected chi connectivity index (χ3v) is 2.41. The molecule has 0 aliphatic rings. The molecular formula is C12H11N3O3. The number of carboxylic acids is 1. The summed E-state index contributed by atoms with van der Waals surface area (Å²) < 4.78 is 5.17. The van der Waals surface area contributed by atoms with Crippen molar-refractivity contribution in [3.8, 4) is 17.0 Å². The number of pyridine rings is 2. The average Bonchev–Trinajstić information content (AvgIpc) is 2.39. The molecule has 0 saturated heterocycles. The van der Waals surface area contributed by atoms with E-state index in [0.29, 0.717) is 17.0 Å². The van der Waals surface area contributed by atoms with Gasteiger partial charge in [0.15, 0.2) is 5.69 Å². The van der Waals surface area contributed by atoms with Crippen molar-refractivity contribution in [3.05, 3.63) is 36.3 Å². The monoisotopic (exact) mass is 245 g/mol. The van der Waals surface area contributed by atoms with Gasteiger partial charge in [0.2, 0.25) is 0 Å². The van der Waals surface area contributed by atoms with Gasteiger partial charge >= 0.3 is 5.97 Å². The minimum atomic E-state index is -1.17. The van der Waals surface area contributed by atoms with Gasteiger partial charge in [0.05, 0.1) is 24.1 Å². The number of nitrogens with zero attached hydrogens (tertiary/aromatic N) is 2. The van der Waals surface area contributed by atoms with Gasteiger partial charge in [-0.1, -0.05) is 0 Å². The minimum absolute atomic E-state index is 0.120. The lowest BCUT2D eigenvalue weighted by molar-refractivity contribution is 0.0692. The van der Waals surface area contributed by atoms with E-state index < -0.39 is 5.97 Å². The fraction of sp³-hybridized carbons (Fsp3) is 0.0833. The highest BCUT2D eigenvalue weighted by atomic mass is 16.5. The average molecular weight is 245 g/mol. The highest BCUT2D eigenvalue weighted by Gasteiger charge is 2.13. The zero-order valence-electron chi connectivity index (χ0n) is 9.62. The SMILES string of the molecule is COc1ccncc1-c1ccc(N)c(C(=O)O)n1. The van der Waals surface area contributed by atoms with Gasteiger partial charge in [-0.2, -0.15) is 0 Å². The van der Waals surface area contributed by atoms with E-state index in [2.05, 4.69) is 9.97 Å². The molecule has 6 nitrogen and oxygen atoms in total. The maximum Gasteiger partial charge on any atom is 0.356 e. The third kappa shape index (κ3) is 2.08. The largest absolute Gasteiger partial charge is 0.496 e. The molecule has 3 N–H and O–H groups in total. The van der Waals surface area contributed by atoms with Crippen molar-refractivity contribution in [2.45, 2.75) is 0 Å². The van der Waals surface area contributed by atoms with Crippen LogP contribution in [0.5, 0.6) is 5.75 Å². The van der Waals surface area contributed by atoms with Crippen LogP contribution < -0.4 is 10.5 Å². The molecule has 0 aliphatic heterocycles. The molecule has 0 aromatic carbocycles. The van der Waals surface area contributed by atoms with Crippen LogP contribution in [0.15, 0.2) is 30.6 Å². The summed E-state index contributed by atoms with van der Waals surface area (Å²) in [4.78, 5) is 18.9. The normalized spacial score (nSPS) is 10.1. The Morgan fingerprint density at radius 3 is 2.83 bits per heavy atom. The number of ether oxygens (including phenoxy) is 1. The molecular weight excluding hydrogens is 234 g/mol. The van der Waals surface area contributed by atoms with E-state index in [4.69, 9.17) is 15.6 Å². The smallest absolute Gasteiger partial charge is 0.356 e. The number of nitrogen functional groups attached to an aromatic ring is 1.